The Labute approximate surface area is 154 Å². The van der Waals surface area contributed by atoms with E-state index >= 15 is 0 Å². The van der Waals surface area contributed by atoms with E-state index in [0.717, 1.165) is 5.56 Å². The third kappa shape index (κ3) is 4.48. The predicted octanol–water partition coefficient (Wildman–Crippen LogP) is 2.51. The first-order valence-corrected chi connectivity index (χ1v) is 8.21. The molecule has 0 saturated carbocycles. The van der Waals surface area contributed by atoms with Gasteiger partial charge in [0.15, 0.2) is 0 Å². The number of carbonyl (C=O) groups is 2. The van der Waals surface area contributed by atoms with Crippen molar-refractivity contribution in [1.29, 1.82) is 0 Å². The van der Waals surface area contributed by atoms with Gasteiger partial charge in [-0.15, -0.1) is 0 Å². The number of aryl methyl sites for hydroxylation is 1. The maximum Gasteiger partial charge on any atom is 0.354 e. The maximum absolute atomic E-state index is 12.0. The molecule has 0 aliphatic carbocycles. The minimum Gasteiger partial charge on any atom is -0.477 e. The van der Waals surface area contributed by atoms with Crippen molar-refractivity contribution in [2.24, 2.45) is 0 Å². The van der Waals surface area contributed by atoms with Crippen molar-refractivity contribution in [3.63, 3.8) is 0 Å². The lowest BCUT2D eigenvalue weighted by Gasteiger charge is -2.05. The number of halogens is 1. The summed E-state index contributed by atoms with van der Waals surface area (Å²) in [5.41, 5.74) is 1.66. The van der Waals surface area contributed by atoms with E-state index in [4.69, 9.17) is 16.7 Å². The van der Waals surface area contributed by atoms with Crippen LogP contribution in [0.3, 0.4) is 0 Å². The number of aromatic nitrogens is 4. The lowest BCUT2D eigenvalue weighted by atomic mass is 10.2. The van der Waals surface area contributed by atoms with Crippen LogP contribution in [-0.2, 0) is 17.9 Å². The van der Waals surface area contributed by atoms with Crippen LogP contribution in [0.2, 0.25) is 5.02 Å². The molecule has 8 nitrogen and oxygen atoms in total. The van der Waals surface area contributed by atoms with Gasteiger partial charge >= 0.3 is 5.97 Å². The fraction of sp³-hybridized carbons (Fsp3) is 0.176. The second-order valence-corrected chi connectivity index (χ2v) is 6.03. The van der Waals surface area contributed by atoms with Gasteiger partial charge < -0.3 is 10.4 Å². The Bertz CT molecular complexity index is 917. The zero-order valence-corrected chi connectivity index (χ0v) is 14.4. The quantitative estimate of drug-likeness (QED) is 0.662. The topological polar surface area (TPSA) is 102 Å². The van der Waals surface area contributed by atoms with Crippen LogP contribution in [0.4, 0.5) is 5.69 Å². The molecule has 1 aromatic carbocycles. The zero-order valence-electron chi connectivity index (χ0n) is 13.7. The van der Waals surface area contributed by atoms with Crippen LogP contribution >= 0.6 is 11.6 Å². The molecule has 3 rings (SSSR count). The normalized spacial score (nSPS) is 10.7. The van der Waals surface area contributed by atoms with Crippen LogP contribution < -0.4 is 5.32 Å². The van der Waals surface area contributed by atoms with Gasteiger partial charge in [0.25, 0.3) is 0 Å². The highest BCUT2D eigenvalue weighted by Crippen LogP contribution is 2.12. The molecule has 0 radical (unpaired) electrons. The Kier molecular flexibility index (Phi) is 5.33. The molecule has 26 heavy (non-hydrogen) atoms. The van der Waals surface area contributed by atoms with Crippen molar-refractivity contribution in [2.75, 3.05) is 5.32 Å². The number of anilines is 1. The summed E-state index contributed by atoms with van der Waals surface area (Å²) >= 11 is 5.86. The molecule has 2 aromatic heterocycles. The molecule has 0 aliphatic heterocycles. The first kappa shape index (κ1) is 17.7. The van der Waals surface area contributed by atoms with E-state index < -0.39 is 5.97 Å². The maximum atomic E-state index is 12.0. The zero-order chi connectivity index (χ0) is 18.5. The Morgan fingerprint density at radius 1 is 1.15 bits per heavy atom. The minimum absolute atomic E-state index is 0.0496. The standard InChI is InChI=1S/C17H16ClN5O3/c18-13-3-1-12(2-4-13)10-22-11-14(9-20-22)21-16(24)6-8-23-15(17(25)26)5-7-19-23/h1-5,7,9,11H,6,8,10H2,(H,21,24)(H,25,26). The van der Waals surface area contributed by atoms with Gasteiger partial charge in [-0.05, 0) is 23.8 Å². The molecule has 1 amide bonds. The van der Waals surface area contributed by atoms with Crippen LogP contribution in [0, 0.1) is 0 Å². The summed E-state index contributed by atoms with van der Waals surface area (Å²) in [6, 6.07) is 8.83. The second kappa shape index (κ2) is 7.83. The minimum atomic E-state index is -1.08. The van der Waals surface area contributed by atoms with Crippen LogP contribution in [0.5, 0.6) is 0 Å². The highest BCUT2D eigenvalue weighted by atomic mass is 35.5. The van der Waals surface area contributed by atoms with Crippen LogP contribution in [0.1, 0.15) is 22.5 Å². The summed E-state index contributed by atoms with van der Waals surface area (Å²) in [6.07, 6.45) is 4.78. The van der Waals surface area contributed by atoms with Gasteiger partial charge in [0.1, 0.15) is 5.69 Å². The number of carboxylic acids is 1. The molecule has 134 valence electrons. The monoisotopic (exact) mass is 373 g/mol. The van der Waals surface area contributed by atoms with Gasteiger partial charge in [0, 0.05) is 23.8 Å². The molecule has 0 aliphatic rings. The first-order chi connectivity index (χ1) is 12.5. The molecule has 2 heterocycles. The average Bonchev–Trinajstić information content (AvgIpc) is 3.24. The Balaban J connectivity index is 1.53. The number of carboxylic acid groups (broad SMARTS) is 1. The lowest BCUT2D eigenvalue weighted by Crippen LogP contribution is -2.17. The third-order valence-electron chi connectivity index (χ3n) is 3.66. The van der Waals surface area contributed by atoms with Crippen molar-refractivity contribution in [3.05, 3.63) is 65.2 Å². The summed E-state index contributed by atoms with van der Waals surface area (Å²) in [7, 11) is 0. The number of amides is 1. The molecule has 0 bridgehead atoms. The van der Waals surface area contributed by atoms with Gasteiger partial charge in [0.05, 0.1) is 25.0 Å². The predicted molar refractivity (Wildman–Crippen MR) is 95.2 cm³/mol. The Morgan fingerprint density at radius 3 is 2.65 bits per heavy atom. The van der Waals surface area contributed by atoms with Gasteiger partial charge in [-0.3, -0.25) is 14.2 Å². The molecule has 0 fully saturated rings. The van der Waals surface area contributed by atoms with Gasteiger partial charge in [-0.2, -0.15) is 10.2 Å². The van der Waals surface area contributed by atoms with Crippen molar-refractivity contribution >= 4 is 29.2 Å². The fourth-order valence-electron chi connectivity index (χ4n) is 2.41. The van der Waals surface area contributed by atoms with E-state index in [1.807, 2.05) is 24.3 Å². The summed E-state index contributed by atoms with van der Waals surface area (Å²) in [5, 5.41) is 20.5. The second-order valence-electron chi connectivity index (χ2n) is 5.60. The molecule has 0 atom stereocenters. The summed E-state index contributed by atoms with van der Waals surface area (Å²) in [4.78, 5) is 23.1. The highest BCUT2D eigenvalue weighted by molar-refractivity contribution is 6.30. The number of nitrogens with zero attached hydrogens (tertiary/aromatic N) is 4. The van der Waals surface area contributed by atoms with E-state index in [1.54, 1.807) is 17.1 Å². The first-order valence-electron chi connectivity index (χ1n) is 7.83. The van der Waals surface area contributed by atoms with Crippen molar-refractivity contribution < 1.29 is 14.7 Å². The van der Waals surface area contributed by atoms with Gasteiger partial charge in [-0.25, -0.2) is 4.79 Å². The molecular weight excluding hydrogens is 358 g/mol. The number of aromatic carboxylic acids is 1. The lowest BCUT2D eigenvalue weighted by molar-refractivity contribution is -0.116. The van der Waals surface area contributed by atoms with E-state index in [-0.39, 0.29) is 24.6 Å². The Hall–Kier alpha value is -3.13. The fourth-order valence-corrected chi connectivity index (χ4v) is 2.54. The third-order valence-corrected chi connectivity index (χ3v) is 3.91. The number of hydrogen-bond acceptors (Lipinski definition) is 4. The molecular formula is C17H16ClN5O3. The van der Waals surface area contributed by atoms with E-state index in [2.05, 4.69) is 15.5 Å². The molecule has 0 unspecified atom stereocenters. The van der Waals surface area contributed by atoms with Crippen LogP contribution in [0.15, 0.2) is 48.9 Å². The van der Waals surface area contributed by atoms with E-state index in [0.29, 0.717) is 17.3 Å². The van der Waals surface area contributed by atoms with Crippen molar-refractivity contribution in [3.8, 4) is 0 Å². The molecule has 0 saturated heterocycles. The van der Waals surface area contributed by atoms with Gasteiger partial charge in [0.2, 0.25) is 5.91 Å². The number of hydrogen-bond donors (Lipinski definition) is 2. The smallest absolute Gasteiger partial charge is 0.354 e. The largest absolute Gasteiger partial charge is 0.477 e. The summed E-state index contributed by atoms with van der Waals surface area (Å²) in [6.45, 7) is 0.738. The molecule has 9 heteroatoms. The van der Waals surface area contributed by atoms with E-state index in [1.165, 1.54) is 16.9 Å². The van der Waals surface area contributed by atoms with E-state index in [9.17, 15) is 9.59 Å². The average molecular weight is 374 g/mol. The molecule has 3 aromatic rings. The number of nitrogens with one attached hydrogen (secondary N) is 1. The SMILES string of the molecule is O=C(CCn1nccc1C(=O)O)Nc1cnn(Cc2ccc(Cl)cc2)c1. The highest BCUT2D eigenvalue weighted by Gasteiger charge is 2.12. The Morgan fingerprint density at radius 2 is 1.92 bits per heavy atom. The van der Waals surface area contributed by atoms with Crippen molar-refractivity contribution in [1.82, 2.24) is 19.6 Å². The molecule has 2 N–H and O–H groups in total. The molecule has 0 spiro atoms. The summed E-state index contributed by atoms with van der Waals surface area (Å²) < 4.78 is 2.99. The van der Waals surface area contributed by atoms with Gasteiger partial charge in [-0.1, -0.05) is 23.7 Å². The summed E-state index contributed by atoms with van der Waals surface area (Å²) in [5.74, 6) is -1.32. The number of benzene rings is 1. The number of rotatable bonds is 7. The van der Waals surface area contributed by atoms with Crippen LogP contribution in [0.25, 0.3) is 0 Å². The number of carbonyl (C=O) groups excluding carboxylic acids is 1. The van der Waals surface area contributed by atoms with Crippen LogP contribution in [-0.4, -0.2) is 36.5 Å². The van der Waals surface area contributed by atoms with Crippen molar-refractivity contribution in [2.45, 2.75) is 19.5 Å².